The number of anilines is 2. The molecule has 0 aliphatic heterocycles. The summed E-state index contributed by atoms with van der Waals surface area (Å²) >= 11 is 6.01. The number of nitrogens with one attached hydrogen (secondary N) is 2. The topological polar surface area (TPSA) is 93.5 Å². The maximum Gasteiger partial charge on any atom is 0.274 e. The van der Waals surface area contributed by atoms with E-state index >= 15 is 0 Å². The predicted molar refractivity (Wildman–Crippen MR) is 97.7 cm³/mol. The number of nitrogens with zero attached hydrogens (tertiary/aromatic N) is 1. The summed E-state index contributed by atoms with van der Waals surface area (Å²) in [5.74, 6) is 0.212. The van der Waals surface area contributed by atoms with Crippen LogP contribution in [0.25, 0.3) is 0 Å². The van der Waals surface area contributed by atoms with Crippen molar-refractivity contribution in [3.63, 3.8) is 0 Å². The van der Waals surface area contributed by atoms with Crippen molar-refractivity contribution >= 4 is 34.6 Å². The normalized spacial score (nSPS) is 10.2. The highest BCUT2D eigenvalue weighted by Crippen LogP contribution is 2.28. The van der Waals surface area contributed by atoms with E-state index in [9.17, 15) is 14.9 Å². The Balaban J connectivity index is 2.04. The highest BCUT2D eigenvalue weighted by molar-refractivity contribution is 6.32. The zero-order valence-electron chi connectivity index (χ0n) is 14.1. The van der Waals surface area contributed by atoms with Gasteiger partial charge < -0.3 is 15.4 Å². The molecule has 0 aliphatic carbocycles. The molecule has 0 saturated carbocycles. The van der Waals surface area contributed by atoms with Crippen LogP contribution in [0, 0.1) is 24.0 Å². The number of ether oxygens (including phenoxy) is 1. The number of rotatable bonds is 6. The van der Waals surface area contributed by atoms with Crippen molar-refractivity contribution < 1.29 is 14.5 Å². The third-order valence-electron chi connectivity index (χ3n) is 3.61. The van der Waals surface area contributed by atoms with Gasteiger partial charge in [-0.3, -0.25) is 14.9 Å². The van der Waals surface area contributed by atoms with Gasteiger partial charge in [-0.05, 0) is 43.7 Å². The summed E-state index contributed by atoms with van der Waals surface area (Å²) in [6, 6.07) is 8.05. The van der Waals surface area contributed by atoms with Crippen LogP contribution in [0.3, 0.4) is 0 Å². The number of benzene rings is 2. The van der Waals surface area contributed by atoms with Crippen molar-refractivity contribution in [2.45, 2.75) is 13.8 Å². The molecule has 0 spiro atoms. The first kappa shape index (κ1) is 18.5. The number of halogens is 1. The molecule has 0 fully saturated rings. The quantitative estimate of drug-likeness (QED) is 0.599. The molecule has 7 nitrogen and oxygen atoms in total. The Hall–Kier alpha value is -2.80. The monoisotopic (exact) mass is 363 g/mol. The summed E-state index contributed by atoms with van der Waals surface area (Å²) < 4.78 is 5.05. The number of nitro groups is 1. The molecular weight excluding hydrogens is 346 g/mol. The first-order valence-electron chi connectivity index (χ1n) is 7.44. The third kappa shape index (κ3) is 4.60. The van der Waals surface area contributed by atoms with Crippen molar-refractivity contribution in [2.24, 2.45) is 0 Å². The lowest BCUT2D eigenvalue weighted by atomic mass is 10.1. The lowest BCUT2D eigenvalue weighted by Crippen LogP contribution is -2.22. The summed E-state index contributed by atoms with van der Waals surface area (Å²) in [4.78, 5) is 22.6. The van der Waals surface area contributed by atoms with E-state index in [-0.39, 0.29) is 18.1 Å². The number of hydrogen-bond donors (Lipinski definition) is 2. The maximum absolute atomic E-state index is 12.1. The molecule has 2 aromatic rings. The molecule has 2 N–H and O–H groups in total. The van der Waals surface area contributed by atoms with E-state index in [1.54, 1.807) is 31.2 Å². The number of hydrogen-bond acceptors (Lipinski definition) is 5. The lowest BCUT2D eigenvalue weighted by molar-refractivity contribution is -0.385. The molecule has 2 aromatic carbocycles. The number of aryl methyl sites for hydroxylation is 2. The van der Waals surface area contributed by atoms with Gasteiger partial charge in [0.2, 0.25) is 5.91 Å². The van der Waals surface area contributed by atoms with Crippen LogP contribution >= 0.6 is 11.6 Å². The van der Waals surface area contributed by atoms with Gasteiger partial charge in [0, 0.05) is 23.0 Å². The van der Waals surface area contributed by atoms with Crippen LogP contribution in [0.2, 0.25) is 5.02 Å². The molecule has 0 aliphatic rings. The molecule has 132 valence electrons. The summed E-state index contributed by atoms with van der Waals surface area (Å²) in [6.45, 7) is 3.46. The van der Waals surface area contributed by atoms with Crippen molar-refractivity contribution in [2.75, 3.05) is 24.3 Å². The van der Waals surface area contributed by atoms with E-state index in [1.165, 1.54) is 13.2 Å². The third-order valence-corrected chi connectivity index (χ3v) is 3.91. The van der Waals surface area contributed by atoms with Crippen molar-refractivity contribution in [1.29, 1.82) is 0 Å². The first-order valence-corrected chi connectivity index (χ1v) is 7.82. The standard InChI is InChI=1S/C17H18ClN3O4/c1-10-6-11(2)15(21(23)24)8-14(10)19-9-17(22)20-12-4-5-16(25-3)13(18)7-12/h4-8,19H,9H2,1-3H3,(H,20,22). The van der Waals surface area contributed by atoms with Crippen LogP contribution < -0.4 is 15.4 Å². The van der Waals surface area contributed by atoms with E-state index in [1.807, 2.05) is 6.92 Å². The number of nitro benzene ring substituents is 1. The molecule has 0 aromatic heterocycles. The maximum atomic E-state index is 12.1. The Bertz CT molecular complexity index is 824. The Labute approximate surface area is 150 Å². The molecule has 8 heteroatoms. The van der Waals surface area contributed by atoms with Crippen LogP contribution in [0.5, 0.6) is 5.75 Å². The van der Waals surface area contributed by atoms with Crippen molar-refractivity contribution in [3.05, 3.63) is 56.6 Å². The van der Waals surface area contributed by atoms with Gasteiger partial charge in [0.25, 0.3) is 5.69 Å². The first-order chi connectivity index (χ1) is 11.8. The van der Waals surface area contributed by atoms with Crippen LogP contribution in [0.4, 0.5) is 17.1 Å². The van der Waals surface area contributed by atoms with Crippen LogP contribution in [0.15, 0.2) is 30.3 Å². The minimum Gasteiger partial charge on any atom is -0.495 e. The smallest absolute Gasteiger partial charge is 0.274 e. The highest BCUT2D eigenvalue weighted by atomic mass is 35.5. The number of amides is 1. The van der Waals surface area contributed by atoms with E-state index in [2.05, 4.69) is 10.6 Å². The molecule has 25 heavy (non-hydrogen) atoms. The molecule has 0 heterocycles. The molecule has 0 saturated heterocycles. The fourth-order valence-electron chi connectivity index (χ4n) is 2.35. The number of carbonyl (C=O) groups is 1. The summed E-state index contributed by atoms with van der Waals surface area (Å²) in [5, 5.41) is 17.0. The lowest BCUT2D eigenvalue weighted by Gasteiger charge is -2.12. The number of carbonyl (C=O) groups excluding carboxylic acids is 1. The Morgan fingerprint density at radius 2 is 1.96 bits per heavy atom. The van der Waals surface area contributed by atoms with E-state index in [4.69, 9.17) is 16.3 Å². The van der Waals surface area contributed by atoms with Gasteiger partial charge in [0.1, 0.15) is 5.75 Å². The summed E-state index contributed by atoms with van der Waals surface area (Å²) in [7, 11) is 1.51. The zero-order chi connectivity index (χ0) is 18.6. The molecule has 0 unspecified atom stereocenters. The van der Waals surface area contributed by atoms with Gasteiger partial charge in [-0.15, -0.1) is 0 Å². The largest absolute Gasteiger partial charge is 0.495 e. The molecule has 0 atom stereocenters. The fraction of sp³-hybridized carbons (Fsp3) is 0.235. The van der Waals surface area contributed by atoms with E-state index in [0.717, 1.165) is 5.56 Å². The van der Waals surface area contributed by atoms with Gasteiger partial charge in [-0.25, -0.2) is 0 Å². The zero-order valence-corrected chi connectivity index (χ0v) is 14.8. The van der Waals surface area contributed by atoms with Gasteiger partial charge >= 0.3 is 0 Å². The average Bonchev–Trinajstić information content (AvgIpc) is 2.54. The second-order valence-electron chi connectivity index (χ2n) is 5.46. The molecule has 2 rings (SSSR count). The summed E-state index contributed by atoms with van der Waals surface area (Å²) in [5.41, 5.74) is 2.48. The SMILES string of the molecule is COc1ccc(NC(=O)CNc2cc([N+](=O)[O-])c(C)cc2C)cc1Cl. The Kier molecular flexibility index (Phi) is 5.82. The Morgan fingerprint density at radius 1 is 1.24 bits per heavy atom. The average molecular weight is 364 g/mol. The molecule has 0 bridgehead atoms. The van der Waals surface area contributed by atoms with E-state index in [0.29, 0.717) is 27.7 Å². The molecular formula is C17H18ClN3O4. The molecule has 1 amide bonds. The van der Waals surface area contributed by atoms with Gasteiger partial charge in [-0.1, -0.05) is 11.6 Å². The second kappa shape index (κ2) is 7.85. The van der Waals surface area contributed by atoms with E-state index < -0.39 is 4.92 Å². The minimum absolute atomic E-state index is 0.00967. The van der Waals surface area contributed by atoms with Gasteiger partial charge in [0.15, 0.2) is 0 Å². The summed E-state index contributed by atoms with van der Waals surface area (Å²) in [6.07, 6.45) is 0. The van der Waals surface area contributed by atoms with Crippen LogP contribution in [-0.4, -0.2) is 24.5 Å². The van der Waals surface area contributed by atoms with Crippen LogP contribution in [0.1, 0.15) is 11.1 Å². The Morgan fingerprint density at radius 3 is 2.56 bits per heavy atom. The minimum atomic E-state index is -0.445. The number of methoxy groups -OCH3 is 1. The van der Waals surface area contributed by atoms with Crippen LogP contribution in [-0.2, 0) is 4.79 Å². The predicted octanol–water partition coefficient (Wildman–Crippen LogP) is 3.92. The van der Waals surface area contributed by atoms with Crippen molar-refractivity contribution in [1.82, 2.24) is 0 Å². The van der Waals surface area contributed by atoms with Crippen molar-refractivity contribution in [3.8, 4) is 5.75 Å². The fourth-order valence-corrected chi connectivity index (χ4v) is 2.61. The second-order valence-corrected chi connectivity index (χ2v) is 5.87. The molecule has 0 radical (unpaired) electrons. The highest BCUT2D eigenvalue weighted by Gasteiger charge is 2.14. The van der Waals surface area contributed by atoms with Gasteiger partial charge in [-0.2, -0.15) is 0 Å². The van der Waals surface area contributed by atoms with Gasteiger partial charge in [0.05, 0.1) is 23.6 Å².